The molecule has 9 heteroatoms. The minimum atomic E-state index is -2.92. The average Bonchev–Trinajstić information content (AvgIpc) is 3.37. The van der Waals surface area contributed by atoms with Crippen LogP contribution in [0.1, 0.15) is 44.1 Å². The summed E-state index contributed by atoms with van der Waals surface area (Å²) in [6.07, 6.45) is 6.94. The van der Waals surface area contributed by atoms with Crippen molar-refractivity contribution in [3.8, 4) is 11.5 Å². The van der Waals surface area contributed by atoms with Crippen LogP contribution in [0.25, 0.3) is 5.70 Å². The zero-order chi connectivity index (χ0) is 18.9. The molecule has 0 saturated heterocycles. The third-order valence-electron chi connectivity index (χ3n) is 4.64. The summed E-state index contributed by atoms with van der Waals surface area (Å²) in [5, 5.41) is 7.54. The Morgan fingerprint density at radius 1 is 1.26 bits per heavy atom. The van der Waals surface area contributed by atoms with Crippen molar-refractivity contribution >= 4 is 5.70 Å². The SMILES string of the molecule is CC1(c2nnco2)C=C(c2ccc(OC(F)F)c(OC3CCCC3)c2)NO1. The number of benzene rings is 1. The van der Waals surface area contributed by atoms with Crippen LogP contribution >= 0.6 is 0 Å². The summed E-state index contributed by atoms with van der Waals surface area (Å²) < 4.78 is 41.2. The fourth-order valence-electron chi connectivity index (χ4n) is 3.28. The quantitative estimate of drug-likeness (QED) is 0.818. The van der Waals surface area contributed by atoms with E-state index in [0.717, 1.165) is 25.7 Å². The number of halogens is 2. The van der Waals surface area contributed by atoms with E-state index < -0.39 is 12.2 Å². The fourth-order valence-corrected chi connectivity index (χ4v) is 3.28. The van der Waals surface area contributed by atoms with Gasteiger partial charge in [-0.1, -0.05) is 0 Å². The van der Waals surface area contributed by atoms with Gasteiger partial charge in [-0.2, -0.15) is 8.78 Å². The molecule has 1 N–H and O–H groups in total. The molecule has 1 atom stereocenters. The largest absolute Gasteiger partial charge is 0.487 e. The second-order valence-corrected chi connectivity index (χ2v) is 6.68. The van der Waals surface area contributed by atoms with Crippen molar-refractivity contribution in [3.63, 3.8) is 0 Å². The Bertz CT molecular complexity index is 822. The van der Waals surface area contributed by atoms with Crippen molar-refractivity contribution in [3.05, 3.63) is 42.1 Å². The van der Waals surface area contributed by atoms with Crippen LogP contribution in [-0.2, 0) is 10.4 Å². The lowest BCUT2D eigenvalue weighted by Gasteiger charge is -2.18. The molecule has 2 heterocycles. The van der Waals surface area contributed by atoms with Gasteiger partial charge in [0.15, 0.2) is 17.1 Å². The average molecular weight is 379 g/mol. The van der Waals surface area contributed by atoms with Gasteiger partial charge in [-0.3, -0.25) is 10.3 Å². The third-order valence-corrected chi connectivity index (χ3v) is 4.64. The van der Waals surface area contributed by atoms with Gasteiger partial charge in [0.25, 0.3) is 5.89 Å². The first-order chi connectivity index (χ1) is 13.0. The Morgan fingerprint density at radius 2 is 2.07 bits per heavy atom. The summed E-state index contributed by atoms with van der Waals surface area (Å²) in [4.78, 5) is 5.59. The van der Waals surface area contributed by atoms with Crippen molar-refractivity contribution in [2.45, 2.75) is 50.9 Å². The standard InChI is InChI=1S/C18H19F2N3O4/c1-18(16-22-21-10-24-16)9-13(23-27-18)11-6-7-14(26-17(19)20)15(8-11)25-12-4-2-3-5-12/h6-10,12,17,23H,2-5H2,1H3. The van der Waals surface area contributed by atoms with Gasteiger partial charge in [-0.05, 0) is 56.9 Å². The first-order valence-corrected chi connectivity index (χ1v) is 8.73. The minimum Gasteiger partial charge on any atom is -0.487 e. The molecule has 7 nitrogen and oxygen atoms in total. The van der Waals surface area contributed by atoms with E-state index in [4.69, 9.17) is 14.0 Å². The molecule has 27 heavy (non-hydrogen) atoms. The van der Waals surface area contributed by atoms with Crippen LogP contribution in [0, 0.1) is 0 Å². The second-order valence-electron chi connectivity index (χ2n) is 6.68. The Balaban J connectivity index is 1.63. The van der Waals surface area contributed by atoms with Crippen LogP contribution in [0.15, 0.2) is 35.1 Å². The number of hydroxylamine groups is 1. The smallest absolute Gasteiger partial charge is 0.387 e. The molecule has 1 aromatic carbocycles. The molecule has 4 rings (SSSR count). The zero-order valence-corrected chi connectivity index (χ0v) is 14.7. The molecule has 1 aliphatic carbocycles. The fraction of sp³-hybridized carbons (Fsp3) is 0.444. The molecular formula is C18H19F2N3O4. The van der Waals surface area contributed by atoms with Gasteiger partial charge in [-0.15, -0.1) is 10.2 Å². The maximum absolute atomic E-state index is 12.7. The summed E-state index contributed by atoms with van der Waals surface area (Å²) in [5.41, 5.74) is 3.22. The van der Waals surface area contributed by atoms with E-state index in [9.17, 15) is 8.78 Å². The van der Waals surface area contributed by atoms with Crippen molar-refractivity contribution < 1.29 is 27.5 Å². The molecule has 1 fully saturated rings. The minimum absolute atomic E-state index is 0.00528. The molecule has 1 unspecified atom stereocenters. The Hall–Kier alpha value is -2.68. The molecule has 0 radical (unpaired) electrons. The van der Waals surface area contributed by atoms with Crippen LogP contribution in [0.3, 0.4) is 0 Å². The molecule has 1 aromatic heterocycles. The van der Waals surface area contributed by atoms with Crippen molar-refractivity contribution in [1.82, 2.24) is 15.7 Å². The molecule has 0 amide bonds. The lowest BCUT2D eigenvalue weighted by molar-refractivity contribution is -0.0520. The topological polar surface area (TPSA) is 78.6 Å². The van der Waals surface area contributed by atoms with E-state index >= 15 is 0 Å². The highest BCUT2D eigenvalue weighted by molar-refractivity contribution is 5.68. The van der Waals surface area contributed by atoms with Gasteiger partial charge in [0, 0.05) is 5.56 Å². The van der Waals surface area contributed by atoms with Crippen molar-refractivity contribution in [2.24, 2.45) is 0 Å². The number of nitrogens with zero attached hydrogens (tertiary/aromatic N) is 2. The number of rotatable bonds is 6. The number of aromatic nitrogens is 2. The van der Waals surface area contributed by atoms with E-state index in [1.165, 1.54) is 12.5 Å². The van der Waals surface area contributed by atoms with E-state index in [1.807, 2.05) is 0 Å². The van der Waals surface area contributed by atoms with E-state index in [-0.39, 0.29) is 17.6 Å². The molecule has 0 spiro atoms. The third kappa shape index (κ3) is 3.73. The maximum atomic E-state index is 12.7. The zero-order valence-electron chi connectivity index (χ0n) is 14.7. The highest BCUT2D eigenvalue weighted by Gasteiger charge is 2.37. The predicted molar refractivity (Wildman–Crippen MR) is 89.8 cm³/mol. The molecular weight excluding hydrogens is 360 g/mol. The summed E-state index contributed by atoms with van der Waals surface area (Å²) in [5.74, 6) is 0.596. The number of alkyl halides is 2. The van der Waals surface area contributed by atoms with E-state index in [1.54, 1.807) is 25.1 Å². The highest BCUT2D eigenvalue weighted by atomic mass is 19.3. The lowest BCUT2D eigenvalue weighted by atomic mass is 10.0. The summed E-state index contributed by atoms with van der Waals surface area (Å²) in [6.45, 7) is -1.15. The number of hydrogen-bond acceptors (Lipinski definition) is 7. The van der Waals surface area contributed by atoms with Crippen LogP contribution in [0.4, 0.5) is 8.78 Å². The summed E-state index contributed by atoms with van der Waals surface area (Å²) in [6, 6.07) is 4.79. The number of nitrogens with one attached hydrogen (secondary N) is 1. The van der Waals surface area contributed by atoms with Gasteiger partial charge in [0.05, 0.1) is 11.8 Å². The van der Waals surface area contributed by atoms with Crippen molar-refractivity contribution in [2.75, 3.05) is 0 Å². The van der Waals surface area contributed by atoms with Gasteiger partial charge in [0.1, 0.15) is 0 Å². The Morgan fingerprint density at radius 3 is 2.78 bits per heavy atom. The van der Waals surface area contributed by atoms with Gasteiger partial charge < -0.3 is 13.9 Å². The molecule has 144 valence electrons. The normalized spacial score (nSPS) is 22.7. The number of ether oxygens (including phenoxy) is 2. The number of hydrogen-bond donors (Lipinski definition) is 1. The van der Waals surface area contributed by atoms with Gasteiger partial charge in [0.2, 0.25) is 6.39 Å². The van der Waals surface area contributed by atoms with Crippen LogP contribution in [0.2, 0.25) is 0 Å². The van der Waals surface area contributed by atoms with Crippen LogP contribution < -0.4 is 15.0 Å². The molecule has 2 aliphatic rings. The molecule has 1 saturated carbocycles. The highest BCUT2D eigenvalue weighted by Crippen LogP contribution is 2.38. The summed E-state index contributed by atoms with van der Waals surface area (Å²) >= 11 is 0. The first-order valence-electron chi connectivity index (χ1n) is 8.73. The summed E-state index contributed by atoms with van der Waals surface area (Å²) in [7, 11) is 0. The lowest BCUT2D eigenvalue weighted by Crippen LogP contribution is -2.23. The van der Waals surface area contributed by atoms with Crippen LogP contribution in [-0.4, -0.2) is 22.9 Å². The van der Waals surface area contributed by atoms with Gasteiger partial charge >= 0.3 is 6.61 Å². The maximum Gasteiger partial charge on any atom is 0.387 e. The Labute approximate surface area is 154 Å². The molecule has 0 bridgehead atoms. The predicted octanol–water partition coefficient (Wildman–Crippen LogP) is 3.78. The first kappa shape index (κ1) is 17.7. The monoisotopic (exact) mass is 379 g/mol. The van der Waals surface area contributed by atoms with Crippen LogP contribution in [0.5, 0.6) is 11.5 Å². The Kier molecular flexibility index (Phi) is 4.69. The van der Waals surface area contributed by atoms with E-state index in [0.29, 0.717) is 17.2 Å². The van der Waals surface area contributed by atoms with Crippen molar-refractivity contribution in [1.29, 1.82) is 0 Å². The molecule has 2 aromatic rings. The van der Waals surface area contributed by atoms with Gasteiger partial charge in [-0.25, -0.2) is 0 Å². The van der Waals surface area contributed by atoms with E-state index in [2.05, 4.69) is 20.4 Å². The molecule has 1 aliphatic heterocycles. The second kappa shape index (κ2) is 7.15.